The summed E-state index contributed by atoms with van der Waals surface area (Å²) in [5.41, 5.74) is 5.69. The average Bonchev–Trinajstić information content (AvgIpc) is 3.04. The number of benzene rings is 4. The number of fused-ring (bicyclic) bond motifs is 1. The van der Waals surface area contributed by atoms with Crippen LogP contribution in [0.25, 0.3) is 11.1 Å². The van der Waals surface area contributed by atoms with Crippen molar-refractivity contribution in [1.82, 2.24) is 5.32 Å². The van der Waals surface area contributed by atoms with E-state index in [9.17, 15) is 14.4 Å². The predicted molar refractivity (Wildman–Crippen MR) is 162 cm³/mol. The Morgan fingerprint density at radius 3 is 2.64 bits per heavy atom. The minimum absolute atomic E-state index is 0.0441. The zero-order chi connectivity index (χ0) is 30.9. The van der Waals surface area contributed by atoms with Crippen molar-refractivity contribution in [1.29, 1.82) is 5.26 Å². The number of nitrogens with one attached hydrogen (secondary N) is 1. The molecule has 2 N–H and O–H groups in total. The van der Waals surface area contributed by atoms with E-state index in [1.165, 1.54) is 12.1 Å². The highest BCUT2D eigenvalue weighted by atomic mass is 19.1. The molecular weight excluding hydrogens is 563 g/mol. The molecule has 44 heavy (non-hydrogen) atoms. The van der Waals surface area contributed by atoms with E-state index in [1.54, 1.807) is 6.07 Å². The summed E-state index contributed by atoms with van der Waals surface area (Å²) in [5, 5.41) is 21.3. The predicted octanol–water partition coefficient (Wildman–Crippen LogP) is 6.56. The first kappa shape index (κ1) is 30.4. The van der Waals surface area contributed by atoms with Gasteiger partial charge in [-0.25, -0.2) is 4.39 Å². The molecule has 0 fully saturated rings. The normalized spacial score (nSPS) is 11.9. The smallest absolute Gasteiger partial charge is 0.303 e. The number of nitriles is 1. The minimum Gasteiger partial charge on any atom is -0.489 e. The van der Waals surface area contributed by atoms with E-state index in [4.69, 9.17) is 24.1 Å². The van der Waals surface area contributed by atoms with E-state index in [2.05, 4.69) is 18.3 Å². The molecule has 0 unspecified atom stereocenters. The molecule has 0 saturated heterocycles. The number of carboxylic acids is 1. The number of carboxylic acid groups (broad SMARTS) is 1. The lowest BCUT2D eigenvalue weighted by Gasteiger charge is -2.20. The number of hydrogen-bond donors (Lipinski definition) is 2. The van der Waals surface area contributed by atoms with Gasteiger partial charge in [-0.2, -0.15) is 5.26 Å². The molecular formula is C35H33FN2O6. The molecule has 1 aliphatic rings. The van der Waals surface area contributed by atoms with Crippen molar-refractivity contribution >= 4 is 5.97 Å². The second-order valence-electron chi connectivity index (χ2n) is 10.4. The fourth-order valence-electron chi connectivity index (χ4n) is 4.93. The minimum atomic E-state index is -0.833. The van der Waals surface area contributed by atoms with Crippen LogP contribution in [0.4, 0.5) is 4.39 Å². The van der Waals surface area contributed by atoms with Gasteiger partial charge < -0.3 is 29.4 Å². The molecule has 4 aromatic rings. The van der Waals surface area contributed by atoms with Gasteiger partial charge in [-0.3, -0.25) is 4.79 Å². The van der Waals surface area contributed by atoms with Gasteiger partial charge in [-0.05, 0) is 78.0 Å². The third-order valence-corrected chi connectivity index (χ3v) is 7.34. The van der Waals surface area contributed by atoms with Crippen molar-refractivity contribution in [3.63, 3.8) is 0 Å². The molecule has 8 nitrogen and oxygen atoms in total. The second kappa shape index (κ2) is 14.4. The van der Waals surface area contributed by atoms with Crippen molar-refractivity contribution < 1.29 is 33.2 Å². The van der Waals surface area contributed by atoms with E-state index in [0.717, 1.165) is 39.3 Å². The highest BCUT2D eigenvalue weighted by Gasteiger charge is 2.15. The molecule has 1 heterocycles. The van der Waals surface area contributed by atoms with Crippen molar-refractivity contribution in [3.05, 3.63) is 106 Å². The van der Waals surface area contributed by atoms with Crippen LogP contribution in [0.3, 0.4) is 0 Å². The van der Waals surface area contributed by atoms with Crippen LogP contribution in [0.1, 0.15) is 40.7 Å². The molecule has 0 aromatic heterocycles. The van der Waals surface area contributed by atoms with E-state index >= 15 is 0 Å². The lowest BCUT2D eigenvalue weighted by atomic mass is 9.96. The Morgan fingerprint density at radius 1 is 0.977 bits per heavy atom. The summed E-state index contributed by atoms with van der Waals surface area (Å²) in [4.78, 5) is 10.8. The van der Waals surface area contributed by atoms with Crippen molar-refractivity contribution in [2.24, 2.45) is 0 Å². The van der Waals surface area contributed by atoms with Crippen LogP contribution in [0.5, 0.6) is 23.0 Å². The Labute approximate surface area is 255 Å². The molecule has 0 aliphatic carbocycles. The first-order chi connectivity index (χ1) is 21.4. The maximum absolute atomic E-state index is 13.8. The SMILES string of the molecule is Cc1c(COc2ccc(CNCCCC(=O)O)c(OCc3ccc(F)c(C#N)c3)c2)cccc1-c1ccc2c(c1)OCCO2. The van der Waals surface area contributed by atoms with Gasteiger partial charge >= 0.3 is 5.97 Å². The first-order valence-corrected chi connectivity index (χ1v) is 14.4. The molecule has 9 heteroatoms. The number of ether oxygens (including phenoxy) is 4. The quantitative estimate of drug-likeness (QED) is 0.167. The third-order valence-electron chi connectivity index (χ3n) is 7.34. The summed E-state index contributed by atoms with van der Waals surface area (Å²) < 4.78 is 37.6. The molecule has 226 valence electrons. The van der Waals surface area contributed by atoms with Gasteiger partial charge in [0.1, 0.15) is 49.8 Å². The Balaban J connectivity index is 1.31. The van der Waals surface area contributed by atoms with Crippen LogP contribution < -0.4 is 24.3 Å². The molecule has 0 amide bonds. The number of rotatable bonds is 13. The van der Waals surface area contributed by atoms with Gasteiger partial charge in [0, 0.05) is 24.6 Å². The summed E-state index contributed by atoms with van der Waals surface area (Å²) >= 11 is 0. The van der Waals surface area contributed by atoms with Crippen LogP contribution in [-0.2, 0) is 24.6 Å². The largest absolute Gasteiger partial charge is 0.489 e. The molecule has 4 aromatic carbocycles. The maximum Gasteiger partial charge on any atom is 0.303 e. The van der Waals surface area contributed by atoms with Crippen molar-refractivity contribution in [2.75, 3.05) is 19.8 Å². The molecule has 0 bridgehead atoms. The van der Waals surface area contributed by atoms with Crippen molar-refractivity contribution in [3.8, 4) is 40.2 Å². The molecule has 0 atom stereocenters. The van der Waals surface area contributed by atoms with E-state index < -0.39 is 11.8 Å². The summed E-state index contributed by atoms with van der Waals surface area (Å²) in [7, 11) is 0. The molecule has 0 radical (unpaired) electrons. The van der Waals surface area contributed by atoms with Crippen LogP contribution in [-0.4, -0.2) is 30.8 Å². The Hall–Kier alpha value is -5.07. The summed E-state index contributed by atoms with van der Waals surface area (Å²) in [6, 6.07) is 23.8. The number of nitrogens with zero attached hydrogens (tertiary/aromatic N) is 1. The second-order valence-corrected chi connectivity index (χ2v) is 10.4. The third kappa shape index (κ3) is 7.65. The van der Waals surface area contributed by atoms with Gasteiger partial charge in [0.25, 0.3) is 0 Å². The summed E-state index contributed by atoms with van der Waals surface area (Å²) in [5.74, 6) is 1.25. The zero-order valence-corrected chi connectivity index (χ0v) is 24.4. The Morgan fingerprint density at radius 2 is 1.82 bits per heavy atom. The summed E-state index contributed by atoms with van der Waals surface area (Å²) in [6.07, 6.45) is 0.591. The standard InChI is InChI=1S/C35H33FN2O6/c1-23-27(4-2-5-30(23)25-9-12-32-34(17-25)42-15-14-41-32)22-43-29-10-8-26(20-38-13-3-6-35(39)40)33(18-29)44-21-24-7-11-31(36)28(16-24)19-37/h2,4-5,7-12,16-18,38H,3,6,13-15,20-22H2,1H3,(H,39,40). The highest BCUT2D eigenvalue weighted by Crippen LogP contribution is 2.36. The number of hydrogen-bond acceptors (Lipinski definition) is 7. The van der Waals surface area contributed by atoms with Crippen LogP contribution in [0.15, 0.2) is 72.8 Å². The molecule has 1 aliphatic heterocycles. The summed E-state index contributed by atoms with van der Waals surface area (Å²) in [6.45, 7) is 4.59. The van der Waals surface area contributed by atoms with Crippen LogP contribution in [0.2, 0.25) is 0 Å². The van der Waals surface area contributed by atoms with E-state index in [-0.39, 0.29) is 18.6 Å². The van der Waals surface area contributed by atoms with Gasteiger partial charge in [-0.15, -0.1) is 0 Å². The van der Waals surface area contributed by atoms with Gasteiger partial charge in [0.15, 0.2) is 11.5 Å². The van der Waals surface area contributed by atoms with E-state index in [0.29, 0.717) is 56.4 Å². The van der Waals surface area contributed by atoms with Gasteiger partial charge in [0.2, 0.25) is 0 Å². The van der Waals surface area contributed by atoms with E-state index in [1.807, 2.05) is 54.6 Å². The first-order valence-electron chi connectivity index (χ1n) is 14.4. The van der Waals surface area contributed by atoms with Crippen molar-refractivity contribution in [2.45, 2.75) is 39.5 Å². The number of halogens is 1. The van der Waals surface area contributed by atoms with Gasteiger partial charge in [0.05, 0.1) is 5.56 Å². The lowest BCUT2D eigenvalue weighted by molar-refractivity contribution is -0.137. The zero-order valence-electron chi connectivity index (χ0n) is 24.4. The maximum atomic E-state index is 13.8. The Kier molecular flexibility index (Phi) is 9.95. The molecule has 5 rings (SSSR count). The number of carbonyl (C=O) groups is 1. The number of aliphatic carboxylic acids is 1. The van der Waals surface area contributed by atoms with Crippen LogP contribution >= 0.6 is 0 Å². The average molecular weight is 597 g/mol. The van der Waals surface area contributed by atoms with Gasteiger partial charge in [-0.1, -0.05) is 36.4 Å². The molecule has 0 spiro atoms. The fraction of sp³-hybridized carbons (Fsp3) is 0.257. The fourth-order valence-corrected chi connectivity index (χ4v) is 4.93. The lowest BCUT2D eigenvalue weighted by Crippen LogP contribution is -2.16. The highest BCUT2D eigenvalue weighted by molar-refractivity contribution is 5.71. The topological polar surface area (TPSA) is 110 Å². The van der Waals surface area contributed by atoms with Crippen LogP contribution in [0, 0.1) is 24.1 Å². The monoisotopic (exact) mass is 596 g/mol. The Bertz CT molecular complexity index is 1680. The molecule has 0 saturated carbocycles.